The van der Waals surface area contributed by atoms with Gasteiger partial charge < -0.3 is 32.2 Å². The number of nitrogen functional groups attached to an aromatic ring is 3. The molecule has 0 spiro atoms. The average Bonchev–Trinajstić information content (AvgIpc) is 4.44. The Bertz CT molecular complexity index is 4190. The first-order valence-electron chi connectivity index (χ1n) is 26.1. The number of fused-ring (bicyclic) bond motifs is 6. The van der Waals surface area contributed by atoms with Crippen LogP contribution in [-0.4, -0.2) is 47.0 Å². The van der Waals surface area contributed by atoms with Crippen LogP contribution in [0.15, 0.2) is 197 Å². The number of hydrogen-bond donors (Lipinski definition) is 6. The SMILES string of the molecule is C.Cc1ccc(-c2nc3cc4c(cc3[nH]2)CC(c2ccc(N)cc2)=N4)cc1.Cc1cccc(-c2nc3cc4c(cc3[nH]2)CC(c2ccc(N)cc2)=N4)c1.Cc1cccc(-c2nc3cc4c(cc3[nH]2)CC(c2ccc(N)cc2)=N4)c1. The highest BCUT2D eigenvalue weighted by Gasteiger charge is 2.22. The number of hydrogen-bond acceptors (Lipinski definition) is 9. The summed E-state index contributed by atoms with van der Waals surface area (Å²) in [4.78, 5) is 39.1. The number of imidazole rings is 3. The number of benzene rings is 9. The minimum atomic E-state index is 0. The lowest BCUT2D eigenvalue weighted by molar-refractivity contribution is 1.32. The number of anilines is 3. The molecule has 0 saturated heterocycles. The maximum absolute atomic E-state index is 5.78. The second-order valence-electron chi connectivity index (χ2n) is 20.4. The Morgan fingerprint density at radius 3 is 0.975 bits per heavy atom. The highest BCUT2D eigenvalue weighted by molar-refractivity contribution is 6.09. The van der Waals surface area contributed by atoms with Crippen LogP contribution < -0.4 is 17.2 Å². The molecule has 3 aliphatic heterocycles. The van der Waals surface area contributed by atoms with Crippen LogP contribution >= 0.6 is 0 Å². The van der Waals surface area contributed by atoms with Gasteiger partial charge in [0, 0.05) is 53.0 Å². The van der Waals surface area contributed by atoms with Gasteiger partial charge in [-0.3, -0.25) is 15.0 Å². The standard InChI is InChI=1S/3C22H18N4.CH4/c1-13-2-4-15(5-3-13)22-25-20-11-16-10-18(14-6-8-17(23)9-7-14)24-19(16)12-21(20)26-22;2*1-13-3-2-4-15(9-13)22-25-20-11-16-10-18(14-5-7-17(23)8-6-14)24-19(16)12-21(20)26-22;/h3*2-9,11-12H,10,23H2,1H3,(H,25,26);1H4. The van der Waals surface area contributed by atoms with E-state index in [0.717, 1.165) is 154 Å². The number of aryl methyl sites for hydroxylation is 3. The minimum absolute atomic E-state index is 0. The van der Waals surface area contributed by atoms with Crippen LogP contribution in [0.1, 0.15) is 57.5 Å². The summed E-state index contributed by atoms with van der Waals surface area (Å²) in [6, 6.07) is 61.5. The fourth-order valence-corrected chi connectivity index (χ4v) is 10.3. The van der Waals surface area contributed by atoms with Crippen molar-refractivity contribution in [3.63, 3.8) is 0 Å². The fourth-order valence-electron chi connectivity index (χ4n) is 10.3. The highest BCUT2D eigenvalue weighted by Crippen LogP contribution is 2.37. The van der Waals surface area contributed by atoms with Crippen molar-refractivity contribution in [2.75, 3.05) is 17.2 Å². The first kappa shape index (κ1) is 49.7. The van der Waals surface area contributed by atoms with Crippen molar-refractivity contribution in [1.29, 1.82) is 0 Å². The molecule has 0 saturated carbocycles. The van der Waals surface area contributed by atoms with Crippen molar-refractivity contribution in [2.24, 2.45) is 15.0 Å². The lowest BCUT2D eigenvalue weighted by atomic mass is 10.0. The Labute approximate surface area is 458 Å². The van der Waals surface area contributed by atoms with Crippen molar-refractivity contribution in [3.05, 3.63) is 232 Å². The average molecular weight is 1030 g/mol. The number of rotatable bonds is 6. The van der Waals surface area contributed by atoms with Crippen molar-refractivity contribution in [1.82, 2.24) is 29.9 Å². The Kier molecular flexibility index (Phi) is 12.8. The highest BCUT2D eigenvalue weighted by atomic mass is 14.9. The monoisotopic (exact) mass is 1030 g/mol. The minimum Gasteiger partial charge on any atom is -0.399 e. The summed E-state index contributed by atoms with van der Waals surface area (Å²) >= 11 is 0. The number of aliphatic imine (C=N–C) groups is 3. The van der Waals surface area contributed by atoms with Crippen LogP contribution in [0.5, 0.6) is 0 Å². The Morgan fingerprint density at radius 1 is 0.329 bits per heavy atom. The zero-order valence-corrected chi connectivity index (χ0v) is 43.4. The molecule has 9 aromatic carbocycles. The Hall–Kier alpha value is -10.2. The molecule has 12 nitrogen and oxygen atoms in total. The van der Waals surface area contributed by atoms with Gasteiger partial charge in [0.2, 0.25) is 0 Å². The summed E-state index contributed by atoms with van der Waals surface area (Å²) in [5.41, 5.74) is 45.9. The molecule has 386 valence electrons. The number of nitrogens with zero attached hydrogens (tertiary/aromatic N) is 6. The van der Waals surface area contributed by atoms with E-state index < -0.39 is 0 Å². The number of aromatic nitrogens is 6. The van der Waals surface area contributed by atoms with Crippen molar-refractivity contribution in [2.45, 2.75) is 47.5 Å². The Morgan fingerprint density at radius 2 is 0.646 bits per heavy atom. The predicted molar refractivity (Wildman–Crippen MR) is 328 cm³/mol. The molecule has 0 unspecified atom stereocenters. The summed E-state index contributed by atoms with van der Waals surface area (Å²) in [6.07, 6.45) is 2.48. The van der Waals surface area contributed by atoms with Gasteiger partial charge in [0.15, 0.2) is 0 Å². The summed E-state index contributed by atoms with van der Waals surface area (Å²) in [7, 11) is 0. The topological polar surface area (TPSA) is 201 Å². The summed E-state index contributed by atoms with van der Waals surface area (Å²) in [6.45, 7) is 6.27. The molecular formula is C67H58N12. The molecule has 0 radical (unpaired) electrons. The first-order valence-corrected chi connectivity index (χ1v) is 26.1. The summed E-state index contributed by atoms with van der Waals surface area (Å²) < 4.78 is 0. The maximum Gasteiger partial charge on any atom is 0.138 e. The van der Waals surface area contributed by atoms with Crippen LogP contribution in [0.4, 0.5) is 34.1 Å². The van der Waals surface area contributed by atoms with E-state index in [1.807, 2.05) is 72.8 Å². The molecule has 0 aliphatic carbocycles. The molecule has 15 rings (SSSR count). The largest absolute Gasteiger partial charge is 0.399 e. The maximum atomic E-state index is 5.78. The molecule has 79 heavy (non-hydrogen) atoms. The summed E-state index contributed by atoms with van der Waals surface area (Å²) in [5.74, 6) is 2.69. The van der Waals surface area contributed by atoms with E-state index in [1.54, 1.807) is 0 Å². The molecule has 6 heterocycles. The molecule has 0 atom stereocenters. The van der Waals surface area contributed by atoms with Crippen LogP contribution in [0, 0.1) is 20.8 Å². The van der Waals surface area contributed by atoms with E-state index >= 15 is 0 Å². The van der Waals surface area contributed by atoms with Crippen molar-refractivity contribution >= 4 is 84.4 Å². The molecule has 3 aliphatic rings. The molecule has 9 N–H and O–H groups in total. The lowest BCUT2D eigenvalue weighted by Gasteiger charge is -2.00. The van der Waals surface area contributed by atoms with E-state index in [1.165, 1.54) is 33.4 Å². The lowest BCUT2D eigenvalue weighted by Crippen LogP contribution is -2.00. The smallest absolute Gasteiger partial charge is 0.138 e. The summed E-state index contributed by atoms with van der Waals surface area (Å²) in [5, 5.41) is 0. The van der Waals surface area contributed by atoms with Gasteiger partial charge in [0.1, 0.15) is 17.5 Å². The predicted octanol–water partition coefficient (Wildman–Crippen LogP) is 15.0. The number of nitrogens with one attached hydrogen (secondary N) is 3. The molecular weight excluding hydrogens is 973 g/mol. The third kappa shape index (κ3) is 10.2. The molecule has 0 fully saturated rings. The second kappa shape index (κ2) is 20.4. The molecule has 12 aromatic rings. The molecule has 3 aromatic heterocycles. The molecule has 0 bridgehead atoms. The second-order valence-corrected chi connectivity index (χ2v) is 20.4. The number of H-pyrrole nitrogens is 3. The number of aromatic amines is 3. The zero-order valence-electron chi connectivity index (χ0n) is 43.4. The van der Waals surface area contributed by atoms with Gasteiger partial charge >= 0.3 is 0 Å². The first-order chi connectivity index (χ1) is 38.0. The zero-order chi connectivity index (χ0) is 53.0. The third-order valence-electron chi connectivity index (χ3n) is 14.5. The normalized spacial score (nSPS) is 12.9. The third-order valence-corrected chi connectivity index (χ3v) is 14.5. The van der Waals surface area contributed by atoms with Gasteiger partial charge in [-0.05, 0) is 139 Å². The molecule has 0 amide bonds. The van der Waals surface area contributed by atoms with Gasteiger partial charge in [-0.1, -0.05) is 121 Å². The van der Waals surface area contributed by atoms with Gasteiger partial charge in [0.05, 0.1) is 67.3 Å². The quantitative estimate of drug-likeness (QED) is 0.0895. The van der Waals surface area contributed by atoms with Crippen molar-refractivity contribution < 1.29 is 0 Å². The van der Waals surface area contributed by atoms with Crippen LogP contribution in [-0.2, 0) is 19.3 Å². The van der Waals surface area contributed by atoms with E-state index in [0.29, 0.717) is 0 Å². The van der Waals surface area contributed by atoms with Crippen LogP contribution in [0.25, 0.3) is 67.3 Å². The van der Waals surface area contributed by atoms with Gasteiger partial charge in [0.25, 0.3) is 0 Å². The van der Waals surface area contributed by atoms with E-state index in [2.05, 4.69) is 145 Å². The van der Waals surface area contributed by atoms with Gasteiger partial charge in [-0.2, -0.15) is 0 Å². The molecule has 12 heteroatoms. The van der Waals surface area contributed by atoms with Crippen LogP contribution in [0.2, 0.25) is 0 Å². The Balaban J connectivity index is 0.000000118. The van der Waals surface area contributed by atoms with Crippen molar-refractivity contribution in [3.8, 4) is 34.2 Å². The van der Waals surface area contributed by atoms with Gasteiger partial charge in [-0.15, -0.1) is 0 Å². The van der Waals surface area contributed by atoms with Gasteiger partial charge in [-0.25, -0.2) is 15.0 Å². The fraction of sp³-hybridized carbons (Fsp3) is 0.104. The van der Waals surface area contributed by atoms with E-state index in [4.69, 9.17) is 47.1 Å². The van der Waals surface area contributed by atoms with E-state index in [-0.39, 0.29) is 7.43 Å². The van der Waals surface area contributed by atoms with Crippen LogP contribution in [0.3, 0.4) is 0 Å². The number of nitrogens with two attached hydrogens (primary N) is 3. The van der Waals surface area contributed by atoms with E-state index in [9.17, 15) is 0 Å².